The molecule has 280 valence electrons. The molecule has 0 saturated carbocycles. The summed E-state index contributed by atoms with van der Waals surface area (Å²) < 4.78 is 2.46. The molecule has 0 amide bonds. The number of benzene rings is 11. The molecular weight excluding hydrogens is 725 g/mol. The molecule has 0 spiro atoms. The molecule has 0 saturated heterocycles. The van der Waals surface area contributed by atoms with E-state index in [-0.39, 0.29) is 0 Å². The van der Waals surface area contributed by atoms with Gasteiger partial charge < -0.3 is 9.47 Å². The van der Waals surface area contributed by atoms with Gasteiger partial charge in [-0.3, -0.25) is 0 Å². The Labute approximate surface area is 348 Å². The second kappa shape index (κ2) is 13.9. The number of rotatable bonds is 7. The standard InChI is InChI=1S/C58H38N2/c1-3-15-39(16-4-1)43-19-13-20-44(37-43)45-21-14-22-46(38-45)59(52-26-10-7-23-47(52)40-17-5-2-6-18-40)55-35-31-41-30-34-51-56(36-32-42-29-33-50(55)57(41)58(42)51)60-53-27-11-8-24-48(53)49-25-9-12-28-54(49)60/h1-38H. The number of hydrogen-bond donors (Lipinski definition) is 0. The van der Waals surface area contributed by atoms with Crippen molar-refractivity contribution in [2.75, 3.05) is 4.90 Å². The smallest absolute Gasteiger partial charge is 0.0541 e. The first-order chi connectivity index (χ1) is 29.8. The number of hydrogen-bond acceptors (Lipinski definition) is 1. The molecule has 1 aromatic heterocycles. The van der Waals surface area contributed by atoms with E-state index < -0.39 is 0 Å². The predicted octanol–water partition coefficient (Wildman–Crippen LogP) is 16.2. The Balaban J connectivity index is 1.11. The topological polar surface area (TPSA) is 8.17 Å². The zero-order chi connectivity index (χ0) is 39.6. The van der Waals surface area contributed by atoms with Crippen molar-refractivity contribution in [2.45, 2.75) is 0 Å². The fraction of sp³-hybridized carbons (Fsp3) is 0. The number of nitrogens with zero attached hydrogens (tertiary/aromatic N) is 2. The van der Waals surface area contributed by atoms with Gasteiger partial charge >= 0.3 is 0 Å². The average molecular weight is 763 g/mol. The molecule has 0 atom stereocenters. The van der Waals surface area contributed by atoms with E-state index in [2.05, 4.69) is 240 Å². The Morgan fingerprint density at radius 2 is 0.817 bits per heavy atom. The largest absolute Gasteiger partial charge is 0.309 e. The van der Waals surface area contributed by atoms with Gasteiger partial charge in [-0.25, -0.2) is 0 Å². The minimum Gasteiger partial charge on any atom is -0.309 e. The van der Waals surface area contributed by atoms with E-state index in [1.807, 2.05) is 0 Å². The quantitative estimate of drug-likeness (QED) is 0.147. The molecule has 11 aromatic carbocycles. The highest BCUT2D eigenvalue weighted by Gasteiger charge is 2.23. The number of anilines is 3. The second-order valence-corrected chi connectivity index (χ2v) is 15.7. The normalized spacial score (nSPS) is 11.7. The lowest BCUT2D eigenvalue weighted by Crippen LogP contribution is -2.12. The fourth-order valence-electron chi connectivity index (χ4n) is 9.61. The maximum atomic E-state index is 2.48. The van der Waals surface area contributed by atoms with Crippen LogP contribution in [0.2, 0.25) is 0 Å². The first kappa shape index (κ1) is 34.1. The summed E-state index contributed by atoms with van der Waals surface area (Å²) in [6.45, 7) is 0. The molecule has 2 nitrogen and oxygen atoms in total. The molecule has 0 bridgehead atoms. The van der Waals surface area contributed by atoms with Crippen LogP contribution in [0, 0.1) is 0 Å². The highest BCUT2D eigenvalue weighted by molar-refractivity contribution is 6.27. The Kier molecular flexibility index (Phi) is 7.89. The molecule has 60 heavy (non-hydrogen) atoms. The average Bonchev–Trinajstić information content (AvgIpc) is 3.66. The van der Waals surface area contributed by atoms with Crippen LogP contribution < -0.4 is 4.90 Å². The molecule has 0 N–H and O–H groups in total. The van der Waals surface area contributed by atoms with E-state index in [1.54, 1.807) is 0 Å². The minimum absolute atomic E-state index is 1.10. The number of fused-ring (bicyclic) bond motifs is 3. The third-order valence-electron chi connectivity index (χ3n) is 12.3. The van der Waals surface area contributed by atoms with Gasteiger partial charge in [0.15, 0.2) is 0 Å². The van der Waals surface area contributed by atoms with Crippen molar-refractivity contribution >= 4 is 71.2 Å². The van der Waals surface area contributed by atoms with E-state index in [9.17, 15) is 0 Å². The molecule has 12 aromatic rings. The summed E-state index contributed by atoms with van der Waals surface area (Å²) in [7, 11) is 0. The molecule has 12 rings (SSSR count). The zero-order valence-corrected chi connectivity index (χ0v) is 32.8. The Bertz CT molecular complexity index is 3490. The van der Waals surface area contributed by atoms with Crippen molar-refractivity contribution < 1.29 is 0 Å². The van der Waals surface area contributed by atoms with E-state index in [0.29, 0.717) is 0 Å². The Morgan fingerprint density at radius 1 is 0.300 bits per heavy atom. The molecule has 0 unspecified atom stereocenters. The summed E-state index contributed by atoms with van der Waals surface area (Å²) >= 11 is 0. The van der Waals surface area contributed by atoms with Crippen LogP contribution in [-0.4, -0.2) is 4.57 Å². The van der Waals surface area contributed by atoms with Crippen LogP contribution in [-0.2, 0) is 0 Å². The first-order valence-electron chi connectivity index (χ1n) is 20.7. The van der Waals surface area contributed by atoms with Gasteiger partial charge in [0.1, 0.15) is 0 Å². The zero-order valence-electron chi connectivity index (χ0n) is 32.8. The maximum absolute atomic E-state index is 2.48. The van der Waals surface area contributed by atoms with Crippen LogP contribution in [0.5, 0.6) is 0 Å². The minimum atomic E-state index is 1.10. The van der Waals surface area contributed by atoms with Crippen LogP contribution in [0.4, 0.5) is 17.1 Å². The summed E-state index contributed by atoms with van der Waals surface area (Å²) in [6.07, 6.45) is 0. The van der Waals surface area contributed by atoms with Gasteiger partial charge in [0, 0.05) is 32.8 Å². The third-order valence-corrected chi connectivity index (χ3v) is 12.3. The van der Waals surface area contributed by atoms with Crippen molar-refractivity contribution in [3.8, 4) is 39.1 Å². The van der Waals surface area contributed by atoms with Gasteiger partial charge in [0.25, 0.3) is 0 Å². The summed E-state index contributed by atoms with van der Waals surface area (Å²) in [6, 6.07) is 84.3. The lowest BCUT2D eigenvalue weighted by atomic mass is 9.91. The van der Waals surface area contributed by atoms with E-state index in [4.69, 9.17) is 0 Å². The van der Waals surface area contributed by atoms with E-state index in [0.717, 1.165) is 17.1 Å². The summed E-state index contributed by atoms with van der Waals surface area (Å²) in [4.78, 5) is 2.48. The number of para-hydroxylation sites is 3. The lowest BCUT2D eigenvalue weighted by Gasteiger charge is -2.30. The van der Waals surface area contributed by atoms with E-state index >= 15 is 0 Å². The van der Waals surface area contributed by atoms with Gasteiger partial charge in [-0.1, -0.05) is 182 Å². The molecule has 2 heteroatoms. The second-order valence-electron chi connectivity index (χ2n) is 15.7. The lowest BCUT2D eigenvalue weighted by molar-refractivity contribution is 1.20. The van der Waals surface area contributed by atoms with Gasteiger partial charge in [-0.15, -0.1) is 0 Å². The van der Waals surface area contributed by atoms with Crippen LogP contribution in [0.1, 0.15) is 0 Å². The molecule has 0 fully saturated rings. The number of aromatic nitrogens is 1. The molecule has 0 aliphatic heterocycles. The van der Waals surface area contributed by atoms with Crippen LogP contribution >= 0.6 is 0 Å². The molecular formula is C58H38N2. The van der Waals surface area contributed by atoms with Crippen molar-refractivity contribution in [1.29, 1.82) is 0 Å². The van der Waals surface area contributed by atoms with Gasteiger partial charge in [0.2, 0.25) is 0 Å². The van der Waals surface area contributed by atoms with E-state index in [1.165, 1.54) is 93.2 Å². The maximum Gasteiger partial charge on any atom is 0.0541 e. The third kappa shape index (κ3) is 5.42. The van der Waals surface area contributed by atoms with Crippen molar-refractivity contribution in [1.82, 2.24) is 4.57 Å². The molecule has 0 aliphatic carbocycles. The summed E-state index contributed by atoms with van der Waals surface area (Å²) in [5.41, 5.74) is 14.1. The van der Waals surface area contributed by atoms with Crippen LogP contribution in [0.3, 0.4) is 0 Å². The molecule has 0 radical (unpaired) electrons. The van der Waals surface area contributed by atoms with Gasteiger partial charge in [-0.05, 0) is 97.9 Å². The van der Waals surface area contributed by atoms with Crippen molar-refractivity contribution in [3.63, 3.8) is 0 Å². The van der Waals surface area contributed by atoms with Gasteiger partial charge in [0.05, 0.1) is 28.1 Å². The first-order valence-corrected chi connectivity index (χ1v) is 20.7. The van der Waals surface area contributed by atoms with Crippen molar-refractivity contribution in [3.05, 3.63) is 231 Å². The highest BCUT2D eigenvalue weighted by Crippen LogP contribution is 2.48. The predicted molar refractivity (Wildman–Crippen MR) is 255 cm³/mol. The summed E-state index contributed by atoms with van der Waals surface area (Å²) in [5.74, 6) is 0. The highest BCUT2D eigenvalue weighted by atomic mass is 15.1. The Morgan fingerprint density at radius 3 is 1.55 bits per heavy atom. The fourth-order valence-corrected chi connectivity index (χ4v) is 9.61. The van der Waals surface area contributed by atoms with Crippen molar-refractivity contribution in [2.24, 2.45) is 0 Å². The van der Waals surface area contributed by atoms with Gasteiger partial charge in [-0.2, -0.15) is 0 Å². The summed E-state index contributed by atoms with van der Waals surface area (Å²) in [5, 5.41) is 10.0. The monoisotopic (exact) mass is 762 g/mol. The molecule has 1 heterocycles. The molecule has 0 aliphatic rings. The van der Waals surface area contributed by atoms with Crippen LogP contribution in [0.25, 0.3) is 93.2 Å². The van der Waals surface area contributed by atoms with Crippen LogP contribution in [0.15, 0.2) is 231 Å². The Hall–Kier alpha value is -7.94. The SMILES string of the molecule is c1ccc(-c2cccc(-c3cccc(N(c4ccccc4-c4ccccc4)c4ccc5ccc6c(-n7c8ccccc8c8ccccc87)ccc7ccc4c5c76)c3)c2)cc1.